The molecule has 3 aromatic rings. The fraction of sp³-hybridized carbons (Fsp3) is 0.160. The van der Waals surface area contributed by atoms with Crippen molar-refractivity contribution >= 4 is 29.1 Å². The zero-order valence-corrected chi connectivity index (χ0v) is 17.9. The van der Waals surface area contributed by atoms with Gasteiger partial charge in [0.15, 0.2) is 0 Å². The van der Waals surface area contributed by atoms with E-state index in [1.807, 2.05) is 36.4 Å². The lowest BCUT2D eigenvalue weighted by atomic mass is 10.0. The first-order chi connectivity index (χ1) is 15.5. The molecule has 0 radical (unpaired) electrons. The monoisotopic (exact) mass is 431 g/mol. The number of hydrogen-bond donors (Lipinski definition) is 3. The van der Waals surface area contributed by atoms with Gasteiger partial charge in [-0.15, -0.1) is 0 Å². The molecule has 0 aliphatic heterocycles. The van der Waals surface area contributed by atoms with Crippen LogP contribution in [0.3, 0.4) is 0 Å². The maximum absolute atomic E-state index is 12.8. The number of carbonyl (C=O) groups is 3. The van der Waals surface area contributed by atoms with Crippen LogP contribution in [0.15, 0.2) is 78.9 Å². The maximum atomic E-state index is 12.8. The second-order valence-corrected chi connectivity index (χ2v) is 7.15. The quantitative estimate of drug-likeness (QED) is 0.499. The Balaban J connectivity index is 1.75. The molecule has 164 valence electrons. The summed E-state index contributed by atoms with van der Waals surface area (Å²) in [5, 5.41) is 8.44. The largest absolute Gasteiger partial charge is 0.495 e. The molecule has 0 saturated heterocycles. The minimum Gasteiger partial charge on any atom is -0.495 e. The lowest BCUT2D eigenvalue weighted by molar-refractivity contribution is -0.116. The molecule has 3 aromatic carbocycles. The van der Waals surface area contributed by atoms with Gasteiger partial charge in [-0.2, -0.15) is 0 Å². The second kappa shape index (κ2) is 10.8. The van der Waals surface area contributed by atoms with Crippen molar-refractivity contribution in [3.63, 3.8) is 0 Å². The van der Waals surface area contributed by atoms with E-state index < -0.39 is 6.04 Å². The molecule has 7 nitrogen and oxygen atoms in total. The summed E-state index contributed by atoms with van der Waals surface area (Å²) in [7, 11) is 1.50. The summed E-state index contributed by atoms with van der Waals surface area (Å²) in [4.78, 5) is 37.0. The Bertz CT molecular complexity index is 1080. The SMILES string of the molecule is COc1ccc(NC(=O)CC(NC(=O)c2ccccc2)c2ccccc2)cc1NC(C)=O. The van der Waals surface area contributed by atoms with Gasteiger partial charge in [-0.1, -0.05) is 48.5 Å². The molecule has 0 bridgehead atoms. The van der Waals surface area contributed by atoms with Crippen LogP contribution in [-0.2, 0) is 9.59 Å². The number of ether oxygens (including phenoxy) is 1. The van der Waals surface area contributed by atoms with Crippen LogP contribution in [-0.4, -0.2) is 24.8 Å². The zero-order valence-electron chi connectivity index (χ0n) is 17.9. The summed E-state index contributed by atoms with van der Waals surface area (Å²) in [5.74, 6) is -0.314. The molecule has 1 unspecified atom stereocenters. The van der Waals surface area contributed by atoms with Gasteiger partial charge in [0.25, 0.3) is 5.91 Å². The van der Waals surface area contributed by atoms with E-state index in [-0.39, 0.29) is 24.1 Å². The average molecular weight is 431 g/mol. The number of nitrogens with one attached hydrogen (secondary N) is 3. The van der Waals surface area contributed by atoms with Crippen molar-refractivity contribution in [1.29, 1.82) is 0 Å². The van der Waals surface area contributed by atoms with Gasteiger partial charge in [-0.05, 0) is 35.9 Å². The minimum atomic E-state index is -0.517. The molecule has 32 heavy (non-hydrogen) atoms. The fourth-order valence-electron chi connectivity index (χ4n) is 3.24. The average Bonchev–Trinajstić information content (AvgIpc) is 2.79. The zero-order chi connectivity index (χ0) is 22.9. The summed E-state index contributed by atoms with van der Waals surface area (Å²) in [6.07, 6.45) is 0.0318. The van der Waals surface area contributed by atoms with Gasteiger partial charge in [0.05, 0.1) is 25.3 Å². The van der Waals surface area contributed by atoms with E-state index >= 15 is 0 Å². The van der Waals surface area contributed by atoms with Crippen LogP contribution in [0.25, 0.3) is 0 Å². The highest BCUT2D eigenvalue weighted by Crippen LogP contribution is 2.28. The van der Waals surface area contributed by atoms with E-state index in [0.717, 1.165) is 5.56 Å². The number of carbonyl (C=O) groups excluding carboxylic acids is 3. The highest BCUT2D eigenvalue weighted by atomic mass is 16.5. The normalized spacial score (nSPS) is 11.2. The summed E-state index contributed by atoms with van der Waals surface area (Å²) in [6.45, 7) is 1.39. The van der Waals surface area contributed by atoms with Gasteiger partial charge in [-0.3, -0.25) is 14.4 Å². The van der Waals surface area contributed by atoms with Crippen LogP contribution in [0.1, 0.15) is 35.3 Å². The van der Waals surface area contributed by atoms with E-state index in [1.54, 1.807) is 42.5 Å². The summed E-state index contributed by atoms with van der Waals surface area (Å²) >= 11 is 0. The first kappa shape index (κ1) is 22.6. The van der Waals surface area contributed by atoms with E-state index in [2.05, 4.69) is 16.0 Å². The van der Waals surface area contributed by atoms with Gasteiger partial charge in [0, 0.05) is 18.2 Å². The van der Waals surface area contributed by atoms with Crippen LogP contribution in [0.5, 0.6) is 5.75 Å². The van der Waals surface area contributed by atoms with E-state index in [4.69, 9.17) is 4.74 Å². The van der Waals surface area contributed by atoms with Crippen molar-refractivity contribution in [3.05, 3.63) is 90.0 Å². The molecule has 0 aromatic heterocycles. The number of benzene rings is 3. The van der Waals surface area contributed by atoms with Crippen molar-refractivity contribution in [2.24, 2.45) is 0 Å². The fourth-order valence-corrected chi connectivity index (χ4v) is 3.24. The molecule has 3 rings (SSSR count). The van der Waals surface area contributed by atoms with Crippen molar-refractivity contribution in [1.82, 2.24) is 5.32 Å². The van der Waals surface area contributed by atoms with Crippen LogP contribution < -0.4 is 20.7 Å². The first-order valence-corrected chi connectivity index (χ1v) is 10.1. The predicted molar refractivity (Wildman–Crippen MR) is 124 cm³/mol. The van der Waals surface area contributed by atoms with Crippen LogP contribution in [0, 0.1) is 0 Å². The van der Waals surface area contributed by atoms with Gasteiger partial charge >= 0.3 is 0 Å². The molecule has 3 amide bonds. The molecular weight excluding hydrogens is 406 g/mol. The topological polar surface area (TPSA) is 96.5 Å². The predicted octanol–water partition coefficient (Wildman–Crippen LogP) is 4.15. The molecule has 0 heterocycles. The third-order valence-corrected chi connectivity index (χ3v) is 4.73. The summed E-state index contributed by atoms with van der Waals surface area (Å²) in [5.41, 5.74) is 2.29. The number of amides is 3. The Labute approximate surface area is 186 Å². The lowest BCUT2D eigenvalue weighted by Gasteiger charge is -2.19. The van der Waals surface area contributed by atoms with Crippen LogP contribution in [0.4, 0.5) is 11.4 Å². The highest BCUT2D eigenvalue weighted by Gasteiger charge is 2.19. The van der Waals surface area contributed by atoms with E-state index in [0.29, 0.717) is 22.7 Å². The standard InChI is InChI=1S/C25H25N3O4/c1-17(29)26-22-15-20(13-14-23(22)32-2)27-24(30)16-21(18-9-5-3-6-10-18)28-25(31)19-11-7-4-8-12-19/h3-15,21H,16H2,1-2H3,(H,26,29)(H,27,30)(H,28,31). The highest BCUT2D eigenvalue weighted by molar-refractivity contribution is 5.97. The second-order valence-electron chi connectivity index (χ2n) is 7.15. The van der Waals surface area contributed by atoms with Gasteiger partial charge in [-0.25, -0.2) is 0 Å². The van der Waals surface area contributed by atoms with Gasteiger partial charge in [0.2, 0.25) is 11.8 Å². The Morgan fingerprint density at radius 1 is 0.875 bits per heavy atom. The van der Waals surface area contributed by atoms with Gasteiger partial charge < -0.3 is 20.7 Å². The molecular formula is C25H25N3O4. The van der Waals surface area contributed by atoms with E-state index in [1.165, 1.54) is 14.0 Å². The van der Waals surface area contributed by atoms with Crippen LogP contribution >= 0.6 is 0 Å². The number of rotatable bonds is 8. The molecule has 0 saturated carbocycles. The molecule has 3 N–H and O–H groups in total. The lowest BCUT2D eigenvalue weighted by Crippen LogP contribution is -2.31. The maximum Gasteiger partial charge on any atom is 0.251 e. The number of anilines is 2. The molecule has 0 fully saturated rings. The summed E-state index contributed by atoms with van der Waals surface area (Å²) < 4.78 is 5.24. The van der Waals surface area contributed by atoms with Crippen LogP contribution in [0.2, 0.25) is 0 Å². The smallest absolute Gasteiger partial charge is 0.251 e. The Kier molecular flexibility index (Phi) is 7.59. The third-order valence-electron chi connectivity index (χ3n) is 4.73. The van der Waals surface area contributed by atoms with E-state index in [9.17, 15) is 14.4 Å². The minimum absolute atomic E-state index is 0.0318. The van der Waals surface area contributed by atoms with Crippen molar-refractivity contribution in [3.8, 4) is 5.75 Å². The van der Waals surface area contributed by atoms with Crippen molar-refractivity contribution in [2.45, 2.75) is 19.4 Å². The Morgan fingerprint density at radius 2 is 1.53 bits per heavy atom. The molecule has 0 aliphatic rings. The molecule has 0 spiro atoms. The summed E-state index contributed by atoms with van der Waals surface area (Å²) in [6, 6.07) is 22.6. The third kappa shape index (κ3) is 6.18. The molecule has 0 aliphatic carbocycles. The number of methoxy groups -OCH3 is 1. The van der Waals surface area contributed by atoms with Gasteiger partial charge in [0.1, 0.15) is 5.75 Å². The van der Waals surface area contributed by atoms with Crippen molar-refractivity contribution in [2.75, 3.05) is 17.7 Å². The number of hydrogen-bond acceptors (Lipinski definition) is 4. The first-order valence-electron chi connectivity index (χ1n) is 10.1. The molecule has 7 heteroatoms. The Hall–Kier alpha value is -4.13. The Morgan fingerprint density at radius 3 is 2.16 bits per heavy atom. The molecule has 1 atom stereocenters. The van der Waals surface area contributed by atoms with Crippen molar-refractivity contribution < 1.29 is 19.1 Å².